The molecule has 3 heterocycles. The number of hydrogen-bond donors (Lipinski definition) is 6. The smallest absolute Gasteiger partial charge is 0.478 e. The SMILES string of the molecule is Nc1nc(C(=NOCc2cc(=O)c(O)cn2O)C(=O)N[C@H]2CCC(CC(=O)O)OB2O)cs1. The molecule has 176 valence electrons. The molecular formula is C17H20BN5O9S. The van der Waals surface area contributed by atoms with E-state index in [0.717, 1.165) is 23.6 Å². The van der Waals surface area contributed by atoms with Gasteiger partial charge in [0.05, 0.1) is 24.7 Å². The van der Waals surface area contributed by atoms with Gasteiger partial charge in [-0.3, -0.25) is 14.4 Å². The molecule has 0 aromatic carbocycles. The molecule has 16 heteroatoms. The molecule has 2 atom stereocenters. The highest BCUT2D eigenvalue weighted by Gasteiger charge is 2.37. The molecule has 0 spiro atoms. The zero-order valence-electron chi connectivity index (χ0n) is 16.9. The number of nitrogens with two attached hydrogens (primary N) is 1. The van der Waals surface area contributed by atoms with E-state index in [1.165, 1.54) is 5.38 Å². The number of rotatable bonds is 8. The Hall–Kier alpha value is -3.63. The number of anilines is 1. The van der Waals surface area contributed by atoms with E-state index in [4.69, 9.17) is 20.3 Å². The zero-order chi connectivity index (χ0) is 24.1. The lowest BCUT2D eigenvalue weighted by molar-refractivity contribution is -0.139. The Morgan fingerprint density at radius 2 is 2.21 bits per heavy atom. The highest BCUT2D eigenvalue weighted by Crippen LogP contribution is 2.19. The van der Waals surface area contributed by atoms with Gasteiger partial charge in [-0.1, -0.05) is 5.16 Å². The fraction of sp³-hybridized carbons (Fsp3) is 0.353. The Labute approximate surface area is 190 Å². The summed E-state index contributed by atoms with van der Waals surface area (Å²) >= 11 is 1.05. The summed E-state index contributed by atoms with van der Waals surface area (Å²) in [5, 5.41) is 45.9. The Kier molecular flexibility index (Phi) is 7.52. The maximum Gasteiger partial charge on any atom is 0.478 e. The number of pyridine rings is 1. The topological polar surface area (TPSA) is 219 Å². The molecule has 0 bridgehead atoms. The van der Waals surface area contributed by atoms with Crippen LogP contribution in [-0.4, -0.2) is 66.9 Å². The molecule has 0 saturated carbocycles. The second-order valence-corrected chi connectivity index (χ2v) is 7.94. The summed E-state index contributed by atoms with van der Waals surface area (Å²) in [6.45, 7) is -0.436. The van der Waals surface area contributed by atoms with Crippen LogP contribution in [-0.2, 0) is 25.7 Å². The number of aliphatic carboxylic acids is 1. The first-order valence-corrected chi connectivity index (χ1v) is 10.4. The Morgan fingerprint density at radius 3 is 2.85 bits per heavy atom. The molecule has 1 aliphatic rings. The molecule has 2 aromatic rings. The number of aromatic hydroxyl groups is 1. The van der Waals surface area contributed by atoms with Crippen molar-refractivity contribution >= 4 is 41.2 Å². The number of carbonyl (C=O) groups excluding carboxylic acids is 1. The lowest BCUT2D eigenvalue weighted by Crippen LogP contribution is -2.54. The summed E-state index contributed by atoms with van der Waals surface area (Å²) < 4.78 is 5.72. The summed E-state index contributed by atoms with van der Waals surface area (Å²) in [6.07, 6.45) is 0.380. The number of carboxylic acid groups (broad SMARTS) is 1. The number of carbonyl (C=O) groups is 2. The molecule has 1 saturated heterocycles. The normalized spacial score (nSPS) is 18.7. The third-order valence-corrected chi connectivity index (χ3v) is 5.31. The molecule has 7 N–H and O–H groups in total. The Bertz CT molecular complexity index is 1120. The van der Waals surface area contributed by atoms with Crippen LogP contribution in [0.3, 0.4) is 0 Å². The van der Waals surface area contributed by atoms with E-state index in [2.05, 4.69) is 15.5 Å². The molecule has 0 aliphatic carbocycles. The Morgan fingerprint density at radius 1 is 1.45 bits per heavy atom. The number of nitrogens with one attached hydrogen (secondary N) is 1. The molecule has 0 radical (unpaired) electrons. The van der Waals surface area contributed by atoms with Gasteiger partial charge in [0.1, 0.15) is 11.4 Å². The lowest BCUT2D eigenvalue weighted by Gasteiger charge is -2.30. The molecule has 1 fully saturated rings. The zero-order valence-corrected chi connectivity index (χ0v) is 17.8. The summed E-state index contributed by atoms with van der Waals surface area (Å²) in [6, 6.07) is 0.925. The van der Waals surface area contributed by atoms with Crippen LogP contribution in [0.4, 0.5) is 5.13 Å². The van der Waals surface area contributed by atoms with E-state index in [9.17, 15) is 29.7 Å². The number of nitrogen functional groups attached to an aromatic ring is 1. The number of oxime groups is 1. The number of amides is 1. The first-order valence-electron chi connectivity index (χ1n) is 9.55. The third-order valence-electron chi connectivity index (χ3n) is 4.63. The van der Waals surface area contributed by atoms with Gasteiger partial charge in [-0.05, 0) is 12.8 Å². The monoisotopic (exact) mass is 481 g/mol. The van der Waals surface area contributed by atoms with Crippen LogP contribution in [0.5, 0.6) is 5.75 Å². The van der Waals surface area contributed by atoms with E-state index in [1.54, 1.807) is 0 Å². The largest absolute Gasteiger partial charge is 0.503 e. The van der Waals surface area contributed by atoms with Crippen LogP contribution in [0.15, 0.2) is 27.6 Å². The van der Waals surface area contributed by atoms with Crippen molar-refractivity contribution < 1.29 is 39.5 Å². The first kappa shape index (κ1) is 24.0. The standard InChI is InChI=1S/C17H20BN5O9S/c19-17-20-10(7-33-17)15(22-31-6-8-3-11(24)12(25)5-23(8)30)16(28)21-13-2-1-9(4-14(26)27)32-18(13)29/h3,5,7,9,13,25,29-30H,1-2,4,6H2,(H2,19,20)(H,21,28)(H,26,27)/t9?,13-/m0/s1. The Balaban J connectivity index is 1.72. The van der Waals surface area contributed by atoms with Gasteiger partial charge in [0, 0.05) is 11.4 Å². The van der Waals surface area contributed by atoms with Crippen LogP contribution in [0.1, 0.15) is 30.7 Å². The van der Waals surface area contributed by atoms with E-state index >= 15 is 0 Å². The first-order chi connectivity index (χ1) is 15.6. The highest BCUT2D eigenvalue weighted by molar-refractivity contribution is 7.13. The van der Waals surface area contributed by atoms with E-state index in [-0.39, 0.29) is 35.1 Å². The van der Waals surface area contributed by atoms with Crippen LogP contribution in [0, 0.1) is 0 Å². The second-order valence-electron chi connectivity index (χ2n) is 7.05. The minimum absolute atomic E-state index is 0.0559. The average molecular weight is 481 g/mol. The van der Waals surface area contributed by atoms with Gasteiger partial charge in [0.25, 0.3) is 5.91 Å². The maximum atomic E-state index is 12.8. The summed E-state index contributed by atoms with van der Waals surface area (Å²) in [7, 11) is -1.43. The molecule has 1 aliphatic heterocycles. The van der Waals surface area contributed by atoms with E-state index < -0.39 is 48.8 Å². The van der Waals surface area contributed by atoms with Crippen molar-refractivity contribution in [1.82, 2.24) is 15.0 Å². The quantitative estimate of drug-likeness (QED) is 0.115. The molecule has 2 aromatic heterocycles. The molecule has 3 rings (SSSR count). The fourth-order valence-electron chi connectivity index (χ4n) is 3.02. The highest BCUT2D eigenvalue weighted by atomic mass is 32.1. The molecular weight excluding hydrogens is 461 g/mol. The van der Waals surface area contributed by atoms with Gasteiger partial charge in [-0.2, -0.15) is 4.73 Å². The third kappa shape index (κ3) is 6.21. The average Bonchev–Trinajstić information content (AvgIpc) is 3.16. The van der Waals surface area contributed by atoms with E-state index in [1.807, 2.05) is 0 Å². The van der Waals surface area contributed by atoms with Gasteiger partial charge in [0.2, 0.25) is 5.43 Å². The number of aromatic nitrogens is 2. The summed E-state index contributed by atoms with van der Waals surface area (Å²) in [4.78, 5) is 44.3. The van der Waals surface area contributed by atoms with Crippen molar-refractivity contribution in [2.75, 3.05) is 5.73 Å². The minimum Gasteiger partial charge on any atom is -0.503 e. The lowest BCUT2D eigenvalue weighted by atomic mass is 9.72. The van der Waals surface area contributed by atoms with Gasteiger partial charge >= 0.3 is 13.1 Å². The van der Waals surface area contributed by atoms with Crippen molar-refractivity contribution in [3.8, 4) is 5.75 Å². The van der Waals surface area contributed by atoms with Gasteiger partial charge in [-0.15, -0.1) is 11.3 Å². The maximum absolute atomic E-state index is 12.8. The van der Waals surface area contributed by atoms with Gasteiger partial charge < -0.3 is 41.0 Å². The van der Waals surface area contributed by atoms with Crippen LogP contribution >= 0.6 is 11.3 Å². The fourth-order valence-corrected chi connectivity index (χ4v) is 3.57. The predicted octanol–water partition coefficient (Wildman–Crippen LogP) is -1.09. The predicted molar refractivity (Wildman–Crippen MR) is 114 cm³/mol. The van der Waals surface area contributed by atoms with Crippen molar-refractivity contribution in [3.63, 3.8) is 0 Å². The summed E-state index contributed by atoms with van der Waals surface area (Å²) in [5.74, 6) is -3.36. The van der Waals surface area contributed by atoms with Crippen molar-refractivity contribution in [2.24, 2.45) is 5.16 Å². The van der Waals surface area contributed by atoms with Crippen molar-refractivity contribution in [2.45, 2.75) is 37.9 Å². The van der Waals surface area contributed by atoms with Crippen molar-refractivity contribution in [1.29, 1.82) is 0 Å². The summed E-state index contributed by atoms with van der Waals surface area (Å²) in [5.41, 5.74) is 4.60. The minimum atomic E-state index is -1.43. The molecule has 1 unspecified atom stereocenters. The van der Waals surface area contributed by atoms with Gasteiger partial charge in [-0.25, -0.2) is 4.98 Å². The second kappa shape index (κ2) is 10.3. The molecule has 33 heavy (non-hydrogen) atoms. The number of carboxylic acids is 1. The molecule has 14 nitrogen and oxygen atoms in total. The number of nitrogens with zero attached hydrogens (tertiary/aromatic N) is 3. The number of thiazole rings is 1. The number of hydrogen-bond acceptors (Lipinski definition) is 12. The molecule has 1 amide bonds. The van der Waals surface area contributed by atoms with Crippen LogP contribution in [0.2, 0.25) is 0 Å². The van der Waals surface area contributed by atoms with Crippen molar-refractivity contribution in [3.05, 3.63) is 39.3 Å². The van der Waals surface area contributed by atoms with Gasteiger partial charge in [0.15, 0.2) is 23.2 Å². The van der Waals surface area contributed by atoms with Crippen LogP contribution in [0.25, 0.3) is 0 Å². The van der Waals surface area contributed by atoms with Crippen LogP contribution < -0.4 is 16.5 Å². The van der Waals surface area contributed by atoms with E-state index in [0.29, 0.717) is 11.2 Å².